The van der Waals surface area contributed by atoms with Crippen LogP contribution in [0.25, 0.3) is 28.4 Å². The number of pyridine rings is 1. The molecule has 0 atom stereocenters. The van der Waals surface area contributed by atoms with Crippen LogP contribution in [-0.2, 0) is 0 Å². The molecule has 0 N–H and O–H groups in total. The summed E-state index contributed by atoms with van der Waals surface area (Å²) in [4.78, 5) is 12.7. The van der Waals surface area contributed by atoms with Gasteiger partial charge in [-0.05, 0) is 55.2 Å². The van der Waals surface area contributed by atoms with Gasteiger partial charge in [-0.2, -0.15) is 23.5 Å². The molecular weight excluding hydrogens is 418 g/mol. The van der Waals surface area contributed by atoms with Gasteiger partial charge in [0.15, 0.2) is 23.0 Å². The minimum absolute atomic E-state index is 0.0250. The highest BCUT2D eigenvalue weighted by Crippen LogP contribution is 2.36. The lowest BCUT2D eigenvalue weighted by Crippen LogP contribution is -2.06. The van der Waals surface area contributed by atoms with Crippen molar-refractivity contribution in [1.82, 2.24) is 24.6 Å². The van der Waals surface area contributed by atoms with Gasteiger partial charge in [0.2, 0.25) is 0 Å². The van der Waals surface area contributed by atoms with Crippen LogP contribution in [0.1, 0.15) is 18.5 Å². The quantitative estimate of drug-likeness (QED) is 0.432. The summed E-state index contributed by atoms with van der Waals surface area (Å²) in [6, 6.07) is 11.9. The van der Waals surface area contributed by atoms with Crippen LogP contribution in [0.4, 0.5) is 8.78 Å². The van der Waals surface area contributed by atoms with Gasteiger partial charge in [0, 0.05) is 18.0 Å². The highest BCUT2D eigenvalue weighted by molar-refractivity contribution is 5.68. The van der Waals surface area contributed by atoms with E-state index in [0.29, 0.717) is 40.9 Å². The van der Waals surface area contributed by atoms with Crippen molar-refractivity contribution in [2.24, 2.45) is 5.92 Å². The first-order chi connectivity index (χ1) is 15.6. The topological polar surface area (TPSA) is 98.2 Å². The van der Waals surface area contributed by atoms with E-state index in [1.807, 2.05) is 6.07 Å². The van der Waals surface area contributed by atoms with Gasteiger partial charge in [0.25, 0.3) is 5.78 Å². The van der Waals surface area contributed by atoms with Crippen molar-refractivity contribution in [1.29, 1.82) is 5.26 Å². The van der Waals surface area contributed by atoms with E-state index in [1.54, 1.807) is 36.5 Å². The minimum atomic E-state index is -2.96. The first kappa shape index (κ1) is 19.8. The van der Waals surface area contributed by atoms with Gasteiger partial charge in [-0.1, -0.05) is 0 Å². The minimum Gasteiger partial charge on any atom is -0.489 e. The largest absolute Gasteiger partial charge is 0.489 e. The smallest absolute Gasteiger partial charge is 0.387 e. The van der Waals surface area contributed by atoms with E-state index < -0.39 is 6.61 Å². The molecule has 3 heterocycles. The number of hydrogen-bond acceptors (Lipinski definition) is 7. The normalized spacial score (nSPS) is 13.3. The summed E-state index contributed by atoms with van der Waals surface area (Å²) < 4.78 is 37.6. The van der Waals surface area contributed by atoms with E-state index in [0.717, 1.165) is 12.8 Å². The van der Waals surface area contributed by atoms with E-state index in [4.69, 9.17) is 4.74 Å². The molecule has 8 nitrogen and oxygen atoms in total. The summed E-state index contributed by atoms with van der Waals surface area (Å²) >= 11 is 0. The van der Waals surface area contributed by atoms with Gasteiger partial charge in [-0.25, -0.2) is 9.97 Å². The lowest BCUT2D eigenvalue weighted by atomic mass is 10.1. The molecule has 1 aliphatic rings. The predicted molar refractivity (Wildman–Crippen MR) is 109 cm³/mol. The number of aromatic nitrogens is 5. The van der Waals surface area contributed by atoms with Crippen LogP contribution in [0.2, 0.25) is 0 Å². The van der Waals surface area contributed by atoms with Crippen molar-refractivity contribution in [2.45, 2.75) is 19.5 Å². The average Bonchev–Trinajstić information content (AvgIpc) is 3.53. The van der Waals surface area contributed by atoms with Crippen molar-refractivity contribution in [3.8, 4) is 40.2 Å². The van der Waals surface area contributed by atoms with E-state index in [2.05, 4.69) is 24.8 Å². The molecule has 5 rings (SSSR count). The van der Waals surface area contributed by atoms with Gasteiger partial charge in [-0.15, -0.1) is 5.10 Å². The second-order valence-corrected chi connectivity index (χ2v) is 7.28. The second kappa shape index (κ2) is 8.19. The molecule has 3 aromatic heterocycles. The van der Waals surface area contributed by atoms with Crippen LogP contribution in [0.15, 0.2) is 48.8 Å². The molecule has 32 heavy (non-hydrogen) atoms. The molecule has 0 unspecified atom stereocenters. The molecule has 0 spiro atoms. The first-order valence-corrected chi connectivity index (χ1v) is 9.91. The van der Waals surface area contributed by atoms with Crippen molar-refractivity contribution in [3.05, 3.63) is 54.5 Å². The molecule has 4 aromatic rings. The lowest BCUT2D eigenvalue weighted by molar-refractivity contribution is -0.0515. The van der Waals surface area contributed by atoms with Crippen molar-refractivity contribution in [3.63, 3.8) is 0 Å². The number of hydrogen-bond donors (Lipinski definition) is 0. The molecule has 1 fully saturated rings. The Bertz CT molecular complexity index is 1330. The third kappa shape index (κ3) is 3.92. The van der Waals surface area contributed by atoms with Crippen molar-refractivity contribution < 1.29 is 18.3 Å². The predicted octanol–water partition coefficient (Wildman–Crippen LogP) is 4.12. The van der Waals surface area contributed by atoms with Gasteiger partial charge >= 0.3 is 6.61 Å². The molecule has 1 aromatic carbocycles. The van der Waals surface area contributed by atoms with Crippen LogP contribution in [0.5, 0.6) is 11.5 Å². The molecule has 1 saturated carbocycles. The highest BCUT2D eigenvalue weighted by Gasteiger charge is 2.23. The molecule has 0 amide bonds. The number of benzene rings is 1. The summed E-state index contributed by atoms with van der Waals surface area (Å²) in [5, 5.41) is 13.8. The maximum absolute atomic E-state index is 12.8. The maximum Gasteiger partial charge on any atom is 0.387 e. The Morgan fingerprint density at radius 2 is 2.00 bits per heavy atom. The first-order valence-electron chi connectivity index (χ1n) is 9.91. The third-order valence-electron chi connectivity index (χ3n) is 5.02. The lowest BCUT2D eigenvalue weighted by Gasteiger charge is -2.14. The summed E-state index contributed by atoms with van der Waals surface area (Å²) in [5.41, 5.74) is 1.97. The van der Waals surface area contributed by atoms with Crippen LogP contribution < -0.4 is 9.47 Å². The van der Waals surface area contributed by atoms with E-state index >= 15 is 0 Å². The Morgan fingerprint density at radius 3 is 2.78 bits per heavy atom. The Morgan fingerprint density at radius 1 is 1.12 bits per heavy atom. The maximum atomic E-state index is 12.8. The number of alkyl halides is 2. The molecule has 10 heteroatoms. The molecular formula is C22H16F2N6O2. The summed E-state index contributed by atoms with van der Waals surface area (Å²) in [5.74, 6) is 1.27. The van der Waals surface area contributed by atoms with E-state index in [1.165, 1.54) is 16.8 Å². The summed E-state index contributed by atoms with van der Waals surface area (Å²) in [6.07, 6.45) is 5.23. The zero-order valence-corrected chi connectivity index (χ0v) is 16.7. The second-order valence-electron chi connectivity index (χ2n) is 7.28. The van der Waals surface area contributed by atoms with Gasteiger partial charge in [0.1, 0.15) is 6.07 Å². The fraction of sp³-hybridized carbons (Fsp3) is 0.227. The Labute approximate surface area is 181 Å². The summed E-state index contributed by atoms with van der Waals surface area (Å²) in [7, 11) is 0. The number of nitrogens with zero attached hydrogens (tertiary/aromatic N) is 6. The van der Waals surface area contributed by atoms with E-state index in [9.17, 15) is 14.0 Å². The Hall–Kier alpha value is -4.13. The zero-order chi connectivity index (χ0) is 22.1. The van der Waals surface area contributed by atoms with E-state index in [-0.39, 0.29) is 17.2 Å². The molecule has 0 aliphatic heterocycles. The van der Waals surface area contributed by atoms with Crippen LogP contribution in [0.3, 0.4) is 0 Å². The van der Waals surface area contributed by atoms with Crippen molar-refractivity contribution >= 4 is 5.78 Å². The molecule has 1 aliphatic carbocycles. The third-order valence-corrected chi connectivity index (χ3v) is 5.02. The Balaban J connectivity index is 1.57. The van der Waals surface area contributed by atoms with Crippen LogP contribution >= 0.6 is 0 Å². The summed E-state index contributed by atoms with van der Waals surface area (Å²) in [6.45, 7) is -2.51. The standard InChI is InChI=1S/C22H16F2N6O2/c23-21(24)32-18-6-5-14(10-19(18)31-12-13-3-4-13)17-7-9-27-22-28-20(29-30(17)22)15-2-1-8-26-16(15)11-25/h1-2,5-10,13,21H,3-4,12H2. The number of halogens is 2. The fourth-order valence-corrected chi connectivity index (χ4v) is 3.27. The van der Waals surface area contributed by atoms with Gasteiger partial charge < -0.3 is 9.47 Å². The molecule has 0 saturated heterocycles. The average molecular weight is 434 g/mol. The molecule has 160 valence electrons. The zero-order valence-electron chi connectivity index (χ0n) is 16.7. The van der Waals surface area contributed by atoms with Crippen LogP contribution in [-0.4, -0.2) is 37.8 Å². The molecule has 0 bridgehead atoms. The number of rotatable bonds is 7. The van der Waals surface area contributed by atoms with Gasteiger partial charge in [0.05, 0.1) is 17.9 Å². The number of ether oxygens (including phenoxy) is 2. The monoisotopic (exact) mass is 434 g/mol. The van der Waals surface area contributed by atoms with Gasteiger partial charge in [-0.3, -0.25) is 0 Å². The highest BCUT2D eigenvalue weighted by atomic mass is 19.3. The molecule has 0 radical (unpaired) electrons. The van der Waals surface area contributed by atoms with Crippen LogP contribution in [0, 0.1) is 17.2 Å². The number of nitriles is 1. The number of fused-ring (bicyclic) bond motifs is 1. The SMILES string of the molecule is N#Cc1ncccc1-c1nc2nccc(-c3ccc(OC(F)F)c(OCC4CC4)c3)n2n1. The van der Waals surface area contributed by atoms with Crippen molar-refractivity contribution in [2.75, 3.05) is 6.61 Å². The Kier molecular flexibility index (Phi) is 5.07. The fourth-order valence-electron chi connectivity index (χ4n) is 3.27.